The van der Waals surface area contributed by atoms with Gasteiger partial charge >= 0.3 is 0 Å². The summed E-state index contributed by atoms with van der Waals surface area (Å²) in [5.41, 5.74) is 0. The van der Waals surface area contributed by atoms with E-state index in [1.54, 1.807) is 0 Å². The van der Waals surface area contributed by atoms with Crippen molar-refractivity contribution in [3.05, 3.63) is 11.9 Å². The zero-order chi connectivity index (χ0) is 13.5. The molecule has 2 unspecified atom stereocenters. The number of thioether (sulfide) groups is 1. The zero-order valence-electron chi connectivity index (χ0n) is 12.0. The Bertz CT molecular complexity index is 497. The quantitative estimate of drug-likeness (QED) is 0.923. The van der Waals surface area contributed by atoms with Crippen LogP contribution in [0, 0.1) is 5.92 Å². The summed E-state index contributed by atoms with van der Waals surface area (Å²) >= 11 is 2.04. The lowest BCUT2D eigenvalue weighted by Crippen LogP contribution is -2.33. The molecule has 1 aromatic rings. The lowest BCUT2D eigenvalue weighted by atomic mass is 10.3. The summed E-state index contributed by atoms with van der Waals surface area (Å²) in [6, 6.07) is 2.81. The van der Waals surface area contributed by atoms with Crippen molar-refractivity contribution < 1.29 is 0 Å². The second-order valence-corrected chi connectivity index (χ2v) is 7.53. The van der Waals surface area contributed by atoms with Gasteiger partial charge in [-0.05, 0) is 25.2 Å². The maximum absolute atomic E-state index is 4.86. The van der Waals surface area contributed by atoms with Gasteiger partial charge in [-0.3, -0.25) is 0 Å². The number of aromatic nitrogens is 2. The molecule has 3 aliphatic rings. The highest BCUT2D eigenvalue weighted by Crippen LogP contribution is 2.46. The van der Waals surface area contributed by atoms with E-state index in [1.165, 1.54) is 30.8 Å². The van der Waals surface area contributed by atoms with Gasteiger partial charge in [-0.1, -0.05) is 6.92 Å². The second kappa shape index (κ2) is 5.10. The lowest BCUT2D eigenvalue weighted by molar-refractivity contribution is 0.797. The number of nitrogens with one attached hydrogen (secondary N) is 1. The highest BCUT2D eigenvalue weighted by atomic mass is 32.2. The maximum atomic E-state index is 4.86. The van der Waals surface area contributed by atoms with Crippen LogP contribution in [-0.2, 0) is 0 Å². The minimum atomic E-state index is 0.592. The number of rotatable bonds is 4. The average molecular weight is 290 g/mol. The third-order valence-corrected chi connectivity index (χ3v) is 5.38. The Morgan fingerprint density at radius 1 is 1.25 bits per heavy atom. The predicted octanol–water partition coefficient (Wildman–Crippen LogP) is 2.73. The van der Waals surface area contributed by atoms with E-state index >= 15 is 0 Å². The van der Waals surface area contributed by atoms with Crippen molar-refractivity contribution in [2.24, 2.45) is 5.92 Å². The molecule has 1 N–H and O–H groups in total. The number of anilines is 2. The van der Waals surface area contributed by atoms with Crippen LogP contribution >= 0.6 is 11.8 Å². The van der Waals surface area contributed by atoms with E-state index in [1.807, 2.05) is 11.8 Å². The minimum Gasteiger partial charge on any atom is -0.367 e. The van der Waals surface area contributed by atoms with Gasteiger partial charge in [-0.25, -0.2) is 9.97 Å². The van der Waals surface area contributed by atoms with Gasteiger partial charge in [-0.15, -0.1) is 0 Å². The van der Waals surface area contributed by atoms with E-state index in [2.05, 4.69) is 23.2 Å². The van der Waals surface area contributed by atoms with Crippen molar-refractivity contribution >= 4 is 23.4 Å². The van der Waals surface area contributed by atoms with Crippen LogP contribution in [0.3, 0.4) is 0 Å². The van der Waals surface area contributed by atoms with E-state index in [-0.39, 0.29) is 0 Å². The molecule has 1 saturated heterocycles. The molecule has 0 aromatic carbocycles. The third kappa shape index (κ3) is 2.73. The van der Waals surface area contributed by atoms with Crippen LogP contribution in [0.1, 0.15) is 37.9 Å². The van der Waals surface area contributed by atoms with Crippen LogP contribution in [0.5, 0.6) is 0 Å². The summed E-state index contributed by atoms with van der Waals surface area (Å²) in [5.74, 6) is 7.03. The highest BCUT2D eigenvalue weighted by Gasteiger charge is 2.37. The van der Waals surface area contributed by atoms with Crippen molar-refractivity contribution in [2.45, 2.75) is 38.1 Å². The standard InChI is InChI=1S/C15H22N4S/c1-10-8-12(10)15-17-13(16-11-2-3-11)9-14(18-15)19-4-6-20-7-5-19/h9-12H,2-8H2,1H3,(H,16,17,18). The molecule has 2 saturated carbocycles. The molecule has 1 aromatic heterocycles. The Kier molecular flexibility index (Phi) is 3.25. The zero-order valence-corrected chi connectivity index (χ0v) is 12.8. The second-order valence-electron chi connectivity index (χ2n) is 6.31. The minimum absolute atomic E-state index is 0.592. The van der Waals surface area contributed by atoms with E-state index in [0.29, 0.717) is 12.0 Å². The first kappa shape index (κ1) is 12.7. The van der Waals surface area contributed by atoms with Crippen molar-refractivity contribution in [2.75, 3.05) is 34.8 Å². The molecule has 0 bridgehead atoms. The summed E-state index contributed by atoms with van der Waals surface area (Å²) in [5, 5.41) is 3.55. The first-order valence-corrected chi connectivity index (χ1v) is 8.93. The van der Waals surface area contributed by atoms with Crippen molar-refractivity contribution in [3.63, 3.8) is 0 Å². The molecule has 2 atom stereocenters. The van der Waals surface area contributed by atoms with Gasteiger partial charge in [0.1, 0.15) is 17.5 Å². The molecule has 2 heterocycles. The normalized spacial score (nSPS) is 29.4. The fraction of sp³-hybridized carbons (Fsp3) is 0.733. The third-order valence-electron chi connectivity index (χ3n) is 4.44. The molecule has 4 rings (SSSR count). The fourth-order valence-electron chi connectivity index (χ4n) is 2.77. The number of nitrogens with zero attached hydrogens (tertiary/aromatic N) is 3. The SMILES string of the molecule is CC1CC1c1nc(NC2CC2)cc(N2CCSCC2)n1. The lowest BCUT2D eigenvalue weighted by Gasteiger charge is -2.28. The average Bonchev–Trinajstić information content (AvgIpc) is 3.38. The van der Waals surface area contributed by atoms with Crippen LogP contribution in [-0.4, -0.2) is 40.6 Å². The monoisotopic (exact) mass is 290 g/mol. The molecule has 108 valence electrons. The molecule has 2 aliphatic carbocycles. The summed E-state index contributed by atoms with van der Waals surface area (Å²) in [6.07, 6.45) is 3.83. The predicted molar refractivity (Wildman–Crippen MR) is 84.7 cm³/mol. The number of hydrogen-bond acceptors (Lipinski definition) is 5. The molecule has 4 nitrogen and oxygen atoms in total. The number of hydrogen-bond donors (Lipinski definition) is 1. The summed E-state index contributed by atoms with van der Waals surface area (Å²) in [4.78, 5) is 12.1. The van der Waals surface area contributed by atoms with Crippen LogP contribution in [0.4, 0.5) is 11.6 Å². The van der Waals surface area contributed by atoms with Crippen LogP contribution < -0.4 is 10.2 Å². The summed E-state index contributed by atoms with van der Waals surface area (Å²) in [6.45, 7) is 4.53. The van der Waals surface area contributed by atoms with Gasteiger partial charge in [0.05, 0.1) is 0 Å². The summed E-state index contributed by atoms with van der Waals surface area (Å²) in [7, 11) is 0. The van der Waals surface area contributed by atoms with E-state index in [4.69, 9.17) is 9.97 Å². The molecular weight excluding hydrogens is 268 g/mol. The largest absolute Gasteiger partial charge is 0.367 e. The molecule has 20 heavy (non-hydrogen) atoms. The van der Waals surface area contributed by atoms with Crippen LogP contribution in [0.2, 0.25) is 0 Å². The van der Waals surface area contributed by atoms with Crippen LogP contribution in [0.15, 0.2) is 6.07 Å². The molecule has 1 aliphatic heterocycles. The van der Waals surface area contributed by atoms with Gasteiger partial charge in [0.25, 0.3) is 0 Å². The molecule has 0 spiro atoms. The Hall–Kier alpha value is -0.970. The topological polar surface area (TPSA) is 41.1 Å². The first-order chi connectivity index (χ1) is 9.79. The van der Waals surface area contributed by atoms with Crippen LogP contribution in [0.25, 0.3) is 0 Å². The molecule has 3 fully saturated rings. The van der Waals surface area contributed by atoms with E-state index in [9.17, 15) is 0 Å². The van der Waals surface area contributed by atoms with E-state index < -0.39 is 0 Å². The van der Waals surface area contributed by atoms with Crippen molar-refractivity contribution in [3.8, 4) is 0 Å². The molecule has 5 heteroatoms. The van der Waals surface area contributed by atoms with E-state index in [0.717, 1.165) is 36.5 Å². The van der Waals surface area contributed by atoms with Crippen molar-refractivity contribution in [1.29, 1.82) is 0 Å². The Labute approximate surface area is 124 Å². The van der Waals surface area contributed by atoms with Gasteiger partial charge in [0.2, 0.25) is 0 Å². The first-order valence-electron chi connectivity index (χ1n) is 7.78. The Morgan fingerprint density at radius 3 is 2.65 bits per heavy atom. The van der Waals surface area contributed by atoms with Gasteiger partial charge in [-0.2, -0.15) is 11.8 Å². The summed E-state index contributed by atoms with van der Waals surface area (Å²) < 4.78 is 0. The Morgan fingerprint density at radius 2 is 2.00 bits per heavy atom. The smallest absolute Gasteiger partial charge is 0.136 e. The van der Waals surface area contributed by atoms with Gasteiger partial charge in [0, 0.05) is 42.6 Å². The molecular formula is C15H22N4S. The van der Waals surface area contributed by atoms with Gasteiger partial charge < -0.3 is 10.2 Å². The molecule has 0 radical (unpaired) electrons. The highest BCUT2D eigenvalue weighted by molar-refractivity contribution is 7.99. The van der Waals surface area contributed by atoms with Crippen molar-refractivity contribution in [1.82, 2.24) is 9.97 Å². The maximum Gasteiger partial charge on any atom is 0.136 e. The Balaban J connectivity index is 1.61. The molecule has 0 amide bonds. The van der Waals surface area contributed by atoms with Gasteiger partial charge in [0.15, 0.2) is 0 Å². The fourth-order valence-corrected chi connectivity index (χ4v) is 3.67.